The molecule has 2 aromatic heterocycles. The minimum absolute atomic E-state index is 0.252. The van der Waals surface area contributed by atoms with Gasteiger partial charge in [0.25, 0.3) is 10.2 Å². The van der Waals surface area contributed by atoms with E-state index in [9.17, 15) is 8.42 Å². The van der Waals surface area contributed by atoms with E-state index in [0.29, 0.717) is 12.2 Å². The Kier molecular flexibility index (Phi) is 5.82. The van der Waals surface area contributed by atoms with Crippen LogP contribution in [0.25, 0.3) is 10.8 Å². The molecule has 0 aliphatic carbocycles. The first-order chi connectivity index (χ1) is 12.1. The highest BCUT2D eigenvalue weighted by molar-refractivity contribution is 7.87. The highest BCUT2D eigenvalue weighted by Gasteiger charge is 2.10. The SMILES string of the molecule is O=S(=O)(NCCc1csc(-c2ncccn2)n1)NCc1ccccc1. The van der Waals surface area contributed by atoms with Crippen LogP contribution in [0.15, 0.2) is 54.2 Å². The standard InChI is InChI=1S/C16H17N5O2S2/c22-25(23,20-11-13-5-2-1-3-6-13)19-10-7-14-12-24-16(21-14)15-17-8-4-9-18-15/h1-6,8-9,12,19-20H,7,10-11H2. The summed E-state index contributed by atoms with van der Waals surface area (Å²) in [5.74, 6) is 0.573. The van der Waals surface area contributed by atoms with Crippen molar-refractivity contribution in [1.82, 2.24) is 24.4 Å². The molecular weight excluding hydrogens is 358 g/mol. The van der Waals surface area contributed by atoms with E-state index in [-0.39, 0.29) is 13.1 Å². The van der Waals surface area contributed by atoms with Gasteiger partial charge in [0.1, 0.15) is 0 Å². The average Bonchev–Trinajstić information content (AvgIpc) is 3.11. The van der Waals surface area contributed by atoms with Gasteiger partial charge in [-0.3, -0.25) is 0 Å². The fourth-order valence-electron chi connectivity index (χ4n) is 2.07. The van der Waals surface area contributed by atoms with Crippen molar-refractivity contribution in [1.29, 1.82) is 0 Å². The van der Waals surface area contributed by atoms with Crippen LogP contribution < -0.4 is 9.44 Å². The molecule has 0 radical (unpaired) electrons. The lowest BCUT2D eigenvalue weighted by Crippen LogP contribution is -2.37. The summed E-state index contributed by atoms with van der Waals surface area (Å²) >= 11 is 1.44. The maximum absolute atomic E-state index is 12.0. The van der Waals surface area contributed by atoms with E-state index in [1.165, 1.54) is 11.3 Å². The second-order valence-electron chi connectivity index (χ2n) is 5.17. The zero-order chi connectivity index (χ0) is 17.5. The van der Waals surface area contributed by atoms with Gasteiger partial charge in [-0.05, 0) is 11.6 Å². The molecule has 3 rings (SSSR count). The maximum atomic E-state index is 12.0. The third-order valence-corrected chi connectivity index (χ3v) is 5.29. The second-order valence-corrected chi connectivity index (χ2v) is 7.61. The smallest absolute Gasteiger partial charge is 0.238 e. The molecule has 0 atom stereocenters. The van der Waals surface area contributed by atoms with Crippen molar-refractivity contribution in [3.8, 4) is 10.8 Å². The predicted molar refractivity (Wildman–Crippen MR) is 97.0 cm³/mol. The van der Waals surface area contributed by atoms with E-state index in [4.69, 9.17) is 0 Å². The number of nitrogens with zero attached hydrogens (tertiary/aromatic N) is 3. The van der Waals surface area contributed by atoms with Crippen LogP contribution in [0.5, 0.6) is 0 Å². The monoisotopic (exact) mass is 375 g/mol. The van der Waals surface area contributed by atoms with Crippen LogP contribution >= 0.6 is 11.3 Å². The summed E-state index contributed by atoms with van der Waals surface area (Å²) in [6.45, 7) is 0.519. The van der Waals surface area contributed by atoms with Gasteiger partial charge >= 0.3 is 0 Å². The van der Waals surface area contributed by atoms with Crippen molar-refractivity contribution in [3.05, 3.63) is 65.4 Å². The van der Waals surface area contributed by atoms with Gasteiger partial charge in [0.05, 0.1) is 5.69 Å². The fourth-order valence-corrected chi connectivity index (χ4v) is 3.70. The van der Waals surface area contributed by atoms with Gasteiger partial charge in [0.2, 0.25) is 0 Å². The first-order valence-corrected chi connectivity index (χ1v) is 9.99. The third kappa shape index (κ3) is 5.40. The highest BCUT2D eigenvalue weighted by atomic mass is 32.2. The van der Waals surface area contributed by atoms with Crippen LogP contribution in [-0.2, 0) is 23.2 Å². The number of rotatable bonds is 8. The molecule has 0 aliphatic rings. The average molecular weight is 375 g/mol. The number of hydrogen-bond donors (Lipinski definition) is 2. The first kappa shape index (κ1) is 17.6. The molecule has 7 nitrogen and oxygen atoms in total. The van der Waals surface area contributed by atoms with Gasteiger partial charge in [-0.1, -0.05) is 30.3 Å². The molecule has 0 spiro atoms. The molecule has 0 unspecified atom stereocenters. The van der Waals surface area contributed by atoms with Crippen LogP contribution in [0, 0.1) is 0 Å². The Morgan fingerprint density at radius 3 is 2.52 bits per heavy atom. The molecule has 25 heavy (non-hydrogen) atoms. The van der Waals surface area contributed by atoms with E-state index in [1.807, 2.05) is 35.7 Å². The zero-order valence-corrected chi connectivity index (χ0v) is 14.9. The molecule has 2 N–H and O–H groups in total. The molecule has 9 heteroatoms. The Bertz CT molecular complexity index is 899. The number of hydrogen-bond acceptors (Lipinski definition) is 6. The molecule has 2 heterocycles. The van der Waals surface area contributed by atoms with Crippen LogP contribution in [0.2, 0.25) is 0 Å². The van der Waals surface area contributed by atoms with Crippen molar-refractivity contribution in [2.75, 3.05) is 6.54 Å². The van der Waals surface area contributed by atoms with Crippen LogP contribution in [0.4, 0.5) is 0 Å². The highest BCUT2D eigenvalue weighted by Crippen LogP contribution is 2.19. The zero-order valence-electron chi connectivity index (χ0n) is 13.3. The van der Waals surface area contributed by atoms with Gasteiger partial charge < -0.3 is 0 Å². The largest absolute Gasteiger partial charge is 0.277 e. The van der Waals surface area contributed by atoms with E-state index < -0.39 is 10.2 Å². The molecule has 0 bridgehead atoms. The maximum Gasteiger partial charge on any atom is 0.277 e. The van der Waals surface area contributed by atoms with Gasteiger partial charge in [-0.25, -0.2) is 19.7 Å². The number of benzene rings is 1. The predicted octanol–water partition coefficient (Wildman–Crippen LogP) is 1.77. The number of aromatic nitrogens is 3. The number of nitrogens with one attached hydrogen (secondary N) is 2. The van der Waals surface area contributed by atoms with Crippen LogP contribution in [0.1, 0.15) is 11.3 Å². The summed E-state index contributed by atoms with van der Waals surface area (Å²) < 4.78 is 29.0. The molecule has 3 aromatic rings. The van der Waals surface area contributed by atoms with E-state index in [1.54, 1.807) is 18.5 Å². The molecule has 130 valence electrons. The van der Waals surface area contributed by atoms with E-state index in [2.05, 4.69) is 24.4 Å². The number of thiazole rings is 1. The molecule has 0 saturated heterocycles. The first-order valence-electron chi connectivity index (χ1n) is 7.62. The lowest BCUT2D eigenvalue weighted by molar-refractivity contribution is 0.566. The summed E-state index contributed by atoms with van der Waals surface area (Å²) in [5, 5.41) is 2.61. The Morgan fingerprint density at radius 1 is 1.00 bits per heavy atom. The summed E-state index contributed by atoms with van der Waals surface area (Å²) in [6.07, 6.45) is 3.82. The molecule has 0 amide bonds. The molecule has 0 aliphatic heterocycles. The lowest BCUT2D eigenvalue weighted by Gasteiger charge is -2.07. The topological polar surface area (TPSA) is 96.9 Å². The Labute approximate surface area is 150 Å². The van der Waals surface area contributed by atoms with Crippen LogP contribution in [-0.4, -0.2) is 29.9 Å². The summed E-state index contributed by atoms with van der Waals surface area (Å²) in [7, 11) is -3.54. The van der Waals surface area contributed by atoms with E-state index in [0.717, 1.165) is 16.3 Å². The Balaban J connectivity index is 1.48. The summed E-state index contributed by atoms with van der Waals surface area (Å²) in [4.78, 5) is 12.7. The quantitative estimate of drug-likeness (QED) is 0.625. The molecule has 0 saturated carbocycles. The van der Waals surface area contributed by atoms with Gasteiger partial charge in [0.15, 0.2) is 10.8 Å². The summed E-state index contributed by atoms with van der Waals surface area (Å²) in [6, 6.07) is 11.1. The minimum Gasteiger partial charge on any atom is -0.238 e. The van der Waals surface area contributed by atoms with Crippen molar-refractivity contribution < 1.29 is 8.42 Å². The minimum atomic E-state index is -3.54. The van der Waals surface area contributed by atoms with Crippen molar-refractivity contribution >= 4 is 21.5 Å². The Morgan fingerprint density at radius 2 is 1.76 bits per heavy atom. The third-order valence-electron chi connectivity index (χ3n) is 3.29. The molecule has 1 aromatic carbocycles. The van der Waals surface area contributed by atoms with Crippen molar-refractivity contribution in [3.63, 3.8) is 0 Å². The van der Waals surface area contributed by atoms with E-state index >= 15 is 0 Å². The lowest BCUT2D eigenvalue weighted by atomic mass is 10.2. The van der Waals surface area contributed by atoms with Gasteiger partial charge in [-0.2, -0.15) is 13.1 Å². The Hall–Kier alpha value is -2.20. The van der Waals surface area contributed by atoms with Gasteiger partial charge in [-0.15, -0.1) is 11.3 Å². The second kappa shape index (κ2) is 8.26. The molecule has 0 fully saturated rings. The molecular formula is C16H17N5O2S2. The summed E-state index contributed by atoms with van der Waals surface area (Å²) in [5.41, 5.74) is 1.71. The van der Waals surface area contributed by atoms with Crippen molar-refractivity contribution in [2.24, 2.45) is 0 Å². The fraction of sp³-hybridized carbons (Fsp3) is 0.188. The van der Waals surface area contributed by atoms with Crippen molar-refractivity contribution in [2.45, 2.75) is 13.0 Å². The van der Waals surface area contributed by atoms with Gasteiger partial charge in [0, 0.05) is 37.3 Å². The van der Waals surface area contributed by atoms with Crippen LogP contribution in [0.3, 0.4) is 0 Å². The normalized spacial score (nSPS) is 11.5.